The monoisotopic (exact) mass is 1140 g/mol. The average molecular weight is 1140 g/mol. The Bertz CT molecular complexity index is 1880. The van der Waals surface area contributed by atoms with Crippen molar-refractivity contribution in [3.05, 3.63) is 76.2 Å². The van der Waals surface area contributed by atoms with Crippen LogP contribution in [0.5, 0.6) is 0 Å². The van der Waals surface area contributed by atoms with Gasteiger partial charge in [0.05, 0.1) is 0 Å². The Morgan fingerprint density at radius 3 is 0.855 bits per heavy atom. The topological polar surface area (TPSA) is 146 Å². The van der Waals surface area contributed by atoms with Crippen molar-refractivity contribution in [1.82, 2.24) is 40.0 Å². The van der Waals surface area contributed by atoms with Crippen LogP contribution in [0.2, 0.25) is 0 Å². The van der Waals surface area contributed by atoms with Crippen LogP contribution in [0, 0.1) is 29.7 Å². The quantitative estimate of drug-likeness (QED) is 0.0842. The van der Waals surface area contributed by atoms with Gasteiger partial charge in [0.2, 0.25) is 11.8 Å². The molecule has 4 heterocycles. The fraction of sp³-hybridized carbons (Fsp3) is 0.667. The number of hydrogen-bond acceptors (Lipinski definition) is 10. The van der Waals surface area contributed by atoms with Gasteiger partial charge >= 0.3 is 34.1 Å². The number of nitrogens with zero attached hydrogens (tertiary/aromatic N) is 6. The van der Waals surface area contributed by atoms with Gasteiger partial charge in [-0.15, -0.1) is 0 Å². The molecule has 428 valence electrons. The van der Waals surface area contributed by atoms with Crippen LogP contribution in [-0.2, 0) is 43.7 Å². The summed E-state index contributed by atoms with van der Waals surface area (Å²) in [5, 5.41) is 7.18. The van der Waals surface area contributed by atoms with Crippen LogP contribution < -0.4 is 10.6 Å². The van der Waals surface area contributed by atoms with Crippen molar-refractivity contribution in [2.24, 2.45) is 0 Å². The van der Waals surface area contributed by atoms with Crippen LogP contribution in [0.15, 0.2) is 24.3 Å². The maximum Gasteiger partial charge on any atom is 2.00 e. The molecular formula is C60H96Fe2N8O6. The number of nitrogens with one attached hydrogen (secondary N) is 2. The summed E-state index contributed by atoms with van der Waals surface area (Å²) in [6.45, 7) is 11.3. The summed E-state index contributed by atoms with van der Waals surface area (Å²) in [7, 11) is 0. The standard InChI is InChI=1S/C46H64N8O6.2C5H10.4CH3.2Fe/c55-39(47-33-9-1-2-10-33)13-5-19-49-25-29-51(30-26-49)21-7-23-53-43(57)35-15-17-37-42-38(18-16-36(41(35)42)44(53)58)46(60)54(45(37)59)24-8-22-52-31-27-50(28-32-52)20-6-14-40(56)48-34-11-3-4-12-34;2*1-2-4-5-3-1;;;;;;/h15-18,33-34H,1-14,19-32H2,(H,47,55)(H,48,56);2*1-5H2;4*1H3;;/q;;;4*-1;2*+2. The molecule has 6 amide bonds. The maximum absolute atomic E-state index is 13.8. The van der Waals surface area contributed by atoms with E-state index in [-0.39, 0.29) is 112 Å². The van der Waals surface area contributed by atoms with E-state index in [0.29, 0.717) is 70.8 Å². The Hall–Kier alpha value is -3.20. The van der Waals surface area contributed by atoms with Crippen molar-refractivity contribution in [2.75, 3.05) is 91.6 Å². The van der Waals surface area contributed by atoms with Gasteiger partial charge in [-0.25, -0.2) is 0 Å². The van der Waals surface area contributed by atoms with Gasteiger partial charge in [-0.2, -0.15) is 0 Å². The molecule has 14 nitrogen and oxygen atoms in total. The van der Waals surface area contributed by atoms with Crippen LogP contribution >= 0.6 is 0 Å². The number of hydrogen-bond donors (Lipinski definition) is 2. The molecule has 4 aliphatic carbocycles. The fourth-order valence-electron chi connectivity index (χ4n) is 12.2. The zero-order valence-corrected chi connectivity index (χ0v) is 49.4. The molecule has 8 aliphatic rings. The van der Waals surface area contributed by atoms with Crippen LogP contribution in [-0.4, -0.2) is 169 Å². The largest absolute Gasteiger partial charge is 2.00 e. The van der Waals surface area contributed by atoms with E-state index in [1.165, 1.54) is 99.7 Å². The first-order chi connectivity index (χ1) is 34.2. The summed E-state index contributed by atoms with van der Waals surface area (Å²) in [6, 6.07) is 7.34. The van der Waals surface area contributed by atoms with Crippen molar-refractivity contribution in [1.29, 1.82) is 0 Å². The molecule has 6 fully saturated rings. The van der Waals surface area contributed by atoms with Crippen molar-refractivity contribution < 1.29 is 62.9 Å². The molecule has 2 aromatic rings. The van der Waals surface area contributed by atoms with Crippen LogP contribution in [0.25, 0.3) is 10.8 Å². The third-order valence-corrected chi connectivity index (χ3v) is 16.4. The summed E-state index contributed by atoms with van der Waals surface area (Å²) < 4.78 is 0. The molecule has 16 heteroatoms. The Morgan fingerprint density at radius 2 is 0.605 bits per heavy atom. The Morgan fingerprint density at radius 1 is 0.368 bits per heavy atom. The molecule has 76 heavy (non-hydrogen) atoms. The Kier molecular flexibility index (Phi) is 32.1. The number of imide groups is 2. The van der Waals surface area contributed by atoms with Crippen molar-refractivity contribution in [3.8, 4) is 0 Å². The van der Waals surface area contributed by atoms with E-state index in [0.717, 1.165) is 117 Å². The van der Waals surface area contributed by atoms with Gasteiger partial charge in [-0.3, -0.25) is 38.6 Å². The number of rotatable bonds is 18. The maximum atomic E-state index is 13.8. The van der Waals surface area contributed by atoms with Gasteiger partial charge < -0.3 is 59.9 Å². The molecule has 10 rings (SSSR count). The number of carbonyl (C=O) groups is 6. The summed E-state index contributed by atoms with van der Waals surface area (Å²) in [5.74, 6) is -1.19. The number of benzene rings is 2. The minimum absolute atomic E-state index is 0. The molecule has 0 atom stereocenters. The molecule has 2 N–H and O–H groups in total. The van der Waals surface area contributed by atoms with E-state index in [9.17, 15) is 28.8 Å². The van der Waals surface area contributed by atoms with E-state index < -0.39 is 0 Å². The van der Waals surface area contributed by atoms with Crippen LogP contribution in [0.4, 0.5) is 0 Å². The number of piperazine rings is 2. The van der Waals surface area contributed by atoms with Gasteiger partial charge in [-0.1, -0.05) is 89.9 Å². The smallest absolute Gasteiger partial charge is 0.358 e. The molecule has 2 aromatic carbocycles. The predicted octanol–water partition coefficient (Wildman–Crippen LogP) is 9.42. The molecular weight excluding hydrogens is 1040 g/mol. The Labute approximate surface area is 480 Å². The minimum Gasteiger partial charge on any atom is -0.358 e. The average Bonchev–Trinajstić information content (AvgIpc) is 4.25. The normalized spacial score (nSPS) is 19.9. The van der Waals surface area contributed by atoms with E-state index in [1.807, 2.05) is 0 Å². The predicted molar refractivity (Wildman–Crippen MR) is 301 cm³/mol. The van der Waals surface area contributed by atoms with Crippen LogP contribution in [0.3, 0.4) is 0 Å². The van der Waals surface area contributed by atoms with E-state index >= 15 is 0 Å². The second-order valence-electron chi connectivity index (χ2n) is 21.5. The molecule has 4 aliphatic heterocycles. The van der Waals surface area contributed by atoms with Crippen molar-refractivity contribution in [2.45, 2.75) is 166 Å². The van der Waals surface area contributed by atoms with Gasteiger partial charge in [0.1, 0.15) is 0 Å². The summed E-state index contributed by atoms with van der Waals surface area (Å²) in [4.78, 5) is 92.2. The zero-order valence-electron chi connectivity index (χ0n) is 47.2. The third-order valence-electron chi connectivity index (χ3n) is 16.4. The third kappa shape index (κ3) is 19.0. The van der Waals surface area contributed by atoms with Gasteiger partial charge in [0.15, 0.2) is 0 Å². The molecule has 4 saturated carbocycles. The minimum atomic E-state index is -0.384. The second kappa shape index (κ2) is 35.4. The summed E-state index contributed by atoms with van der Waals surface area (Å²) in [5.41, 5.74) is 1.43. The first-order valence-electron chi connectivity index (χ1n) is 28.0. The molecule has 2 saturated heterocycles. The van der Waals surface area contributed by atoms with Gasteiger partial charge in [-0.05, 0) is 102 Å². The van der Waals surface area contributed by atoms with E-state index in [1.54, 1.807) is 24.3 Å². The fourth-order valence-corrected chi connectivity index (χ4v) is 12.2. The van der Waals surface area contributed by atoms with E-state index in [4.69, 9.17) is 0 Å². The zero-order chi connectivity index (χ0) is 48.7. The first-order valence-corrected chi connectivity index (χ1v) is 28.0. The SMILES string of the molecule is C1CCCC1.C1CCCC1.O=C(CCCN1CCN(CCCN2C(=O)c3ccc4c5c(ccc(c35)C2=O)C(=O)N(CCCN2CCN(CCCC(=O)NC3CCCC3)CC2)C4=O)CC1)NC1CCCC1.[CH3-].[CH3-].[CH3-].[CH3-].[Fe+2].[Fe+2]. The molecule has 0 bridgehead atoms. The second-order valence-corrected chi connectivity index (χ2v) is 21.5. The summed E-state index contributed by atoms with van der Waals surface area (Å²) >= 11 is 0. The number of carbonyl (C=O) groups excluding carboxylic acids is 6. The molecule has 0 aromatic heterocycles. The van der Waals surface area contributed by atoms with Crippen molar-refractivity contribution in [3.63, 3.8) is 0 Å². The summed E-state index contributed by atoms with van der Waals surface area (Å²) in [6.07, 6.45) is 28.4. The van der Waals surface area contributed by atoms with Gasteiger partial charge in [0, 0.05) is 123 Å². The molecule has 0 radical (unpaired) electrons. The molecule has 0 unspecified atom stereocenters. The molecule has 0 spiro atoms. The van der Waals surface area contributed by atoms with Gasteiger partial charge in [0.25, 0.3) is 23.6 Å². The number of amides is 6. The van der Waals surface area contributed by atoms with Crippen molar-refractivity contribution >= 4 is 46.2 Å². The van der Waals surface area contributed by atoms with Crippen LogP contribution in [0.1, 0.15) is 196 Å². The van der Waals surface area contributed by atoms with E-state index in [2.05, 4.69) is 30.2 Å². The first kappa shape index (κ1) is 68.9. The Balaban J connectivity index is 0.00000111.